The molecule has 1 heterocycles. The summed E-state index contributed by atoms with van der Waals surface area (Å²) in [6.45, 7) is -1.16. The summed E-state index contributed by atoms with van der Waals surface area (Å²) in [6.07, 6.45) is 0. The molecule has 2 aromatic rings. The Morgan fingerprint density at radius 3 is 2.24 bits per heavy atom. The van der Waals surface area contributed by atoms with E-state index < -0.39 is 93.5 Å². The quantitative estimate of drug-likeness (QED) is 0.413. The van der Waals surface area contributed by atoms with Gasteiger partial charge in [0.05, 0.1) is 41.1 Å². The van der Waals surface area contributed by atoms with Crippen molar-refractivity contribution in [1.82, 2.24) is 4.72 Å². The number of nitrogens with two attached hydrogens (primary N) is 1. The van der Waals surface area contributed by atoms with Gasteiger partial charge in [0.2, 0.25) is 0 Å². The molecule has 0 atom stereocenters. The van der Waals surface area contributed by atoms with Crippen LogP contribution in [0.3, 0.4) is 0 Å². The highest BCUT2D eigenvalue weighted by molar-refractivity contribution is 7.87. The maximum atomic E-state index is 14.8. The van der Waals surface area contributed by atoms with Crippen molar-refractivity contribution < 1.29 is 49.2 Å². The number of anilines is 1. The third kappa shape index (κ3) is 4.97. The summed E-state index contributed by atoms with van der Waals surface area (Å²) in [5.74, 6) is -11.0. The van der Waals surface area contributed by atoms with Crippen LogP contribution in [-0.4, -0.2) is 40.5 Å². The molecular formula is C19H15F4N3O6S. The molecule has 3 rings (SSSR count). The second kappa shape index (κ2) is 9.17. The molecule has 0 radical (unpaired) electrons. The fraction of sp³-hybridized carbons (Fsp3) is 0.158. The van der Waals surface area contributed by atoms with Gasteiger partial charge in [-0.25, -0.2) is 27.4 Å². The third-order valence-corrected chi connectivity index (χ3v) is 4.85. The fourth-order valence-electron chi connectivity index (χ4n) is 2.92. The van der Waals surface area contributed by atoms with Crippen molar-refractivity contribution >= 4 is 27.7 Å². The lowest BCUT2D eigenvalue weighted by molar-refractivity contribution is -0.117. The first-order valence-corrected chi connectivity index (χ1v) is 10.2. The standard InChI is InChI=1S/C19H15F4N3O6S/c1-31-9-4-2-3-8(5-9)12-13(20)15(22)17(16(23)14(12)21)25-18(27)10-6-32-7-11(10)19(28)26-33(24,29)30/h2-5H,6-7H2,1H3,(H,25,27)(H,26,28)(H2,24,29,30)/i1D3. The minimum absolute atomic E-state index is 0.372. The van der Waals surface area contributed by atoms with Crippen molar-refractivity contribution in [3.8, 4) is 16.9 Å². The predicted octanol–water partition coefficient (Wildman–Crippen LogP) is 1.50. The van der Waals surface area contributed by atoms with Crippen molar-refractivity contribution in [2.45, 2.75) is 0 Å². The molecule has 176 valence electrons. The van der Waals surface area contributed by atoms with Gasteiger partial charge < -0.3 is 14.8 Å². The molecule has 0 aromatic heterocycles. The van der Waals surface area contributed by atoms with Gasteiger partial charge in [0.1, 0.15) is 11.4 Å². The Kier molecular flexibility index (Phi) is 5.60. The smallest absolute Gasteiger partial charge is 0.298 e. The Bertz CT molecular complexity index is 1370. The van der Waals surface area contributed by atoms with Gasteiger partial charge in [-0.2, -0.15) is 8.42 Å². The van der Waals surface area contributed by atoms with E-state index in [4.69, 9.17) is 8.85 Å². The molecule has 0 bridgehead atoms. The number of ether oxygens (including phenoxy) is 2. The Morgan fingerprint density at radius 1 is 1.06 bits per heavy atom. The van der Waals surface area contributed by atoms with Crippen LogP contribution in [-0.2, 0) is 24.5 Å². The van der Waals surface area contributed by atoms with E-state index in [-0.39, 0.29) is 5.75 Å². The van der Waals surface area contributed by atoms with Gasteiger partial charge in [-0.05, 0) is 17.7 Å². The van der Waals surface area contributed by atoms with Gasteiger partial charge in [-0.15, -0.1) is 0 Å². The average Bonchev–Trinajstić information content (AvgIpc) is 3.24. The van der Waals surface area contributed by atoms with Crippen LogP contribution in [0.25, 0.3) is 11.1 Å². The highest BCUT2D eigenvalue weighted by atomic mass is 32.2. The Hall–Kier alpha value is -3.49. The lowest BCUT2D eigenvalue weighted by Crippen LogP contribution is -2.38. The average molecular weight is 492 g/mol. The lowest BCUT2D eigenvalue weighted by Gasteiger charge is -2.14. The number of halogens is 4. The van der Waals surface area contributed by atoms with Gasteiger partial charge >= 0.3 is 0 Å². The minimum Gasteiger partial charge on any atom is -0.497 e. The molecule has 0 aliphatic carbocycles. The van der Waals surface area contributed by atoms with E-state index >= 15 is 0 Å². The summed E-state index contributed by atoms with van der Waals surface area (Å²) < 4.78 is 113. The Labute approximate surface area is 188 Å². The van der Waals surface area contributed by atoms with Crippen LogP contribution in [0.5, 0.6) is 5.75 Å². The van der Waals surface area contributed by atoms with Gasteiger partial charge in [0.25, 0.3) is 22.0 Å². The molecule has 0 unspecified atom stereocenters. The van der Waals surface area contributed by atoms with Gasteiger partial charge in [0, 0.05) is 0 Å². The van der Waals surface area contributed by atoms with Crippen molar-refractivity contribution in [2.24, 2.45) is 5.14 Å². The molecule has 0 fully saturated rings. The third-order valence-electron chi connectivity index (χ3n) is 4.38. The number of methoxy groups -OCH3 is 1. The SMILES string of the molecule is [2H]C([2H])([2H])Oc1cccc(-c2c(F)c(F)c(NC(=O)C3=C(C(=O)NS(N)(=O)=O)COC3)c(F)c2F)c1. The highest BCUT2D eigenvalue weighted by Gasteiger charge is 2.32. The number of carbonyl (C=O) groups excluding carboxylic acids is 2. The van der Waals surface area contributed by atoms with Crippen molar-refractivity contribution in [2.75, 3.05) is 25.6 Å². The monoisotopic (exact) mass is 492 g/mol. The zero-order valence-corrected chi connectivity index (χ0v) is 17.0. The molecule has 0 saturated heterocycles. The largest absolute Gasteiger partial charge is 0.497 e. The van der Waals surface area contributed by atoms with Gasteiger partial charge in [-0.1, -0.05) is 12.1 Å². The van der Waals surface area contributed by atoms with Crippen LogP contribution in [0.4, 0.5) is 23.2 Å². The van der Waals surface area contributed by atoms with Gasteiger partial charge in [-0.3, -0.25) is 9.59 Å². The number of carbonyl (C=O) groups is 2. The molecule has 2 amide bonds. The molecule has 2 aromatic carbocycles. The molecule has 0 spiro atoms. The van der Waals surface area contributed by atoms with Crippen molar-refractivity contribution in [1.29, 1.82) is 0 Å². The first-order chi connectivity index (χ1) is 16.6. The number of hydrogen-bond donors (Lipinski definition) is 3. The number of amides is 2. The Balaban J connectivity index is 1.99. The maximum Gasteiger partial charge on any atom is 0.298 e. The van der Waals surface area contributed by atoms with E-state index in [2.05, 4.69) is 9.88 Å². The number of hydrogen-bond acceptors (Lipinski definition) is 6. The molecular weight excluding hydrogens is 474 g/mol. The Morgan fingerprint density at radius 2 is 1.67 bits per heavy atom. The van der Waals surface area contributed by atoms with Crippen LogP contribution in [0.15, 0.2) is 35.4 Å². The topological polar surface area (TPSA) is 137 Å². The van der Waals surface area contributed by atoms with E-state index in [9.17, 15) is 35.6 Å². The number of nitrogens with one attached hydrogen (secondary N) is 2. The fourth-order valence-corrected chi connectivity index (χ4v) is 3.31. The predicted molar refractivity (Wildman–Crippen MR) is 106 cm³/mol. The van der Waals surface area contributed by atoms with Gasteiger partial charge in [0.15, 0.2) is 23.3 Å². The normalized spacial score (nSPS) is 15.5. The van der Waals surface area contributed by atoms with Crippen LogP contribution in [0.1, 0.15) is 4.11 Å². The second-order valence-electron chi connectivity index (χ2n) is 6.52. The van der Waals surface area contributed by atoms with Crippen LogP contribution in [0.2, 0.25) is 0 Å². The van der Waals surface area contributed by atoms with Crippen LogP contribution in [0, 0.1) is 23.3 Å². The van der Waals surface area contributed by atoms with E-state index in [0.717, 1.165) is 24.3 Å². The maximum absolute atomic E-state index is 14.8. The number of rotatable bonds is 6. The van der Waals surface area contributed by atoms with E-state index in [1.165, 1.54) is 4.72 Å². The highest BCUT2D eigenvalue weighted by Crippen LogP contribution is 2.36. The van der Waals surface area contributed by atoms with Crippen molar-refractivity contribution in [3.63, 3.8) is 0 Å². The van der Waals surface area contributed by atoms with E-state index in [0.29, 0.717) is 0 Å². The molecule has 4 N–H and O–H groups in total. The summed E-state index contributed by atoms with van der Waals surface area (Å²) in [5.41, 5.74) is -4.36. The second-order valence-corrected chi connectivity index (χ2v) is 7.81. The summed E-state index contributed by atoms with van der Waals surface area (Å²) in [4.78, 5) is 24.5. The van der Waals surface area contributed by atoms with Crippen LogP contribution < -0.4 is 19.9 Å². The zero-order valence-electron chi connectivity index (χ0n) is 19.2. The summed E-state index contributed by atoms with van der Waals surface area (Å²) in [6, 6.07) is 4.12. The van der Waals surface area contributed by atoms with Crippen molar-refractivity contribution in [3.05, 3.63) is 58.7 Å². The van der Waals surface area contributed by atoms with E-state index in [1.54, 1.807) is 5.32 Å². The first-order valence-electron chi connectivity index (χ1n) is 10.2. The molecule has 0 saturated carbocycles. The van der Waals surface area contributed by atoms with E-state index in [1.807, 2.05) is 0 Å². The minimum atomic E-state index is -4.52. The summed E-state index contributed by atoms with van der Waals surface area (Å²) in [5, 5.41) is 6.29. The molecule has 33 heavy (non-hydrogen) atoms. The first kappa shape index (κ1) is 20.1. The molecule has 14 heteroatoms. The molecule has 9 nitrogen and oxygen atoms in total. The summed E-state index contributed by atoms with van der Waals surface area (Å²) in [7, 11) is -7.43. The summed E-state index contributed by atoms with van der Waals surface area (Å²) >= 11 is 0. The lowest BCUT2D eigenvalue weighted by atomic mass is 10.0. The van der Waals surface area contributed by atoms with Crippen LogP contribution >= 0.6 is 0 Å². The zero-order chi connectivity index (χ0) is 27.0. The number of benzene rings is 2. The molecule has 1 aliphatic heterocycles. The molecule has 1 aliphatic rings.